The standard InChI is InChI=1S/C10H17N3O2/c1-15-8-4-5-11-10(14)9-12-13-6-2-3-7-13/h2-3,6-7,12H,4-5,8-9H2,1H3,(H,11,14). The Labute approximate surface area is 89.4 Å². The third-order valence-electron chi connectivity index (χ3n) is 1.87. The quantitative estimate of drug-likeness (QED) is 0.633. The summed E-state index contributed by atoms with van der Waals surface area (Å²) in [7, 11) is 1.65. The van der Waals surface area contributed by atoms with Crippen molar-refractivity contribution < 1.29 is 9.53 Å². The average Bonchev–Trinajstić information content (AvgIpc) is 2.74. The highest BCUT2D eigenvalue weighted by Crippen LogP contribution is 1.84. The number of nitrogens with zero attached hydrogens (tertiary/aromatic N) is 1. The minimum atomic E-state index is -0.0141. The van der Waals surface area contributed by atoms with Crippen LogP contribution in [-0.4, -0.2) is 37.4 Å². The van der Waals surface area contributed by atoms with E-state index in [1.165, 1.54) is 0 Å². The lowest BCUT2D eigenvalue weighted by atomic mass is 10.4. The predicted molar refractivity (Wildman–Crippen MR) is 58.2 cm³/mol. The van der Waals surface area contributed by atoms with E-state index in [9.17, 15) is 4.79 Å². The van der Waals surface area contributed by atoms with Crippen molar-refractivity contribution in [2.45, 2.75) is 6.42 Å². The normalized spacial score (nSPS) is 9.93. The number of aromatic nitrogens is 1. The van der Waals surface area contributed by atoms with Crippen molar-refractivity contribution in [2.75, 3.05) is 32.2 Å². The van der Waals surface area contributed by atoms with Gasteiger partial charge in [-0.05, 0) is 18.6 Å². The lowest BCUT2D eigenvalue weighted by Gasteiger charge is -2.08. The highest BCUT2D eigenvalue weighted by molar-refractivity contribution is 5.79. The van der Waals surface area contributed by atoms with Crippen LogP contribution < -0.4 is 10.7 Å². The van der Waals surface area contributed by atoms with Crippen molar-refractivity contribution in [1.82, 2.24) is 9.99 Å². The summed E-state index contributed by atoms with van der Waals surface area (Å²) in [6.07, 6.45) is 4.53. The van der Waals surface area contributed by atoms with E-state index in [0.717, 1.165) is 6.42 Å². The smallest absolute Gasteiger partial charge is 0.240 e. The van der Waals surface area contributed by atoms with Gasteiger partial charge in [0.2, 0.25) is 5.91 Å². The minimum absolute atomic E-state index is 0.0141. The first-order valence-electron chi connectivity index (χ1n) is 4.95. The molecular weight excluding hydrogens is 194 g/mol. The number of carbonyl (C=O) groups excluding carboxylic acids is 1. The average molecular weight is 211 g/mol. The molecule has 0 fully saturated rings. The van der Waals surface area contributed by atoms with E-state index in [2.05, 4.69) is 10.7 Å². The van der Waals surface area contributed by atoms with Gasteiger partial charge in [-0.2, -0.15) is 0 Å². The summed E-state index contributed by atoms with van der Waals surface area (Å²) in [5, 5.41) is 2.79. The molecule has 84 valence electrons. The van der Waals surface area contributed by atoms with Gasteiger partial charge in [0.1, 0.15) is 6.54 Å². The second kappa shape index (κ2) is 6.89. The summed E-state index contributed by atoms with van der Waals surface area (Å²) in [4.78, 5) is 11.3. The molecule has 0 unspecified atom stereocenters. The minimum Gasteiger partial charge on any atom is -0.385 e. The van der Waals surface area contributed by atoms with E-state index in [1.807, 2.05) is 24.5 Å². The van der Waals surface area contributed by atoms with Crippen LogP contribution in [0.2, 0.25) is 0 Å². The van der Waals surface area contributed by atoms with Crippen LogP contribution in [0.3, 0.4) is 0 Å². The number of carbonyl (C=O) groups is 1. The number of rotatable bonds is 7. The Morgan fingerprint density at radius 1 is 1.40 bits per heavy atom. The summed E-state index contributed by atoms with van der Waals surface area (Å²) in [6, 6.07) is 3.78. The zero-order chi connectivity index (χ0) is 10.9. The number of methoxy groups -OCH3 is 1. The van der Waals surface area contributed by atoms with Gasteiger partial charge in [-0.3, -0.25) is 9.47 Å². The summed E-state index contributed by atoms with van der Waals surface area (Å²) >= 11 is 0. The fourth-order valence-electron chi connectivity index (χ4n) is 1.11. The molecule has 1 aromatic rings. The molecule has 5 nitrogen and oxygen atoms in total. The molecule has 0 radical (unpaired) electrons. The van der Waals surface area contributed by atoms with Crippen LogP contribution in [0.4, 0.5) is 0 Å². The maximum Gasteiger partial charge on any atom is 0.240 e. The Morgan fingerprint density at radius 3 is 2.80 bits per heavy atom. The van der Waals surface area contributed by atoms with Crippen LogP contribution >= 0.6 is 0 Å². The zero-order valence-electron chi connectivity index (χ0n) is 8.90. The first-order chi connectivity index (χ1) is 7.33. The van der Waals surface area contributed by atoms with Gasteiger partial charge in [-0.15, -0.1) is 0 Å². The number of hydrogen-bond acceptors (Lipinski definition) is 3. The maximum absolute atomic E-state index is 11.3. The first-order valence-corrected chi connectivity index (χ1v) is 4.95. The number of ether oxygens (including phenoxy) is 1. The Balaban J connectivity index is 2.04. The summed E-state index contributed by atoms with van der Waals surface area (Å²) in [6.45, 7) is 1.60. The predicted octanol–water partition coefficient (Wildman–Crippen LogP) is 0.184. The molecule has 15 heavy (non-hydrogen) atoms. The molecule has 1 rings (SSSR count). The van der Waals surface area contributed by atoms with Crippen molar-refractivity contribution in [3.63, 3.8) is 0 Å². The molecule has 0 spiro atoms. The topological polar surface area (TPSA) is 55.3 Å². The van der Waals surface area contributed by atoms with Crippen molar-refractivity contribution in [3.8, 4) is 0 Å². The lowest BCUT2D eigenvalue weighted by molar-refractivity contribution is -0.119. The van der Waals surface area contributed by atoms with Crippen LogP contribution in [0.25, 0.3) is 0 Å². The molecule has 1 heterocycles. The van der Waals surface area contributed by atoms with Crippen LogP contribution in [-0.2, 0) is 9.53 Å². The Bertz CT molecular complexity index is 272. The van der Waals surface area contributed by atoms with Gasteiger partial charge >= 0.3 is 0 Å². The van der Waals surface area contributed by atoms with Gasteiger partial charge in [0, 0.05) is 32.7 Å². The molecule has 0 aromatic carbocycles. The molecule has 0 aliphatic heterocycles. The molecule has 2 N–H and O–H groups in total. The molecule has 1 amide bonds. The van der Waals surface area contributed by atoms with E-state index in [0.29, 0.717) is 13.2 Å². The van der Waals surface area contributed by atoms with E-state index >= 15 is 0 Å². The van der Waals surface area contributed by atoms with E-state index in [-0.39, 0.29) is 12.5 Å². The maximum atomic E-state index is 11.3. The van der Waals surface area contributed by atoms with Crippen molar-refractivity contribution in [2.24, 2.45) is 0 Å². The van der Waals surface area contributed by atoms with Gasteiger partial charge in [-0.25, -0.2) is 0 Å². The van der Waals surface area contributed by atoms with Gasteiger partial charge < -0.3 is 15.5 Å². The van der Waals surface area contributed by atoms with Crippen LogP contribution in [0.1, 0.15) is 6.42 Å². The SMILES string of the molecule is COCCCNC(=O)CNn1cccc1. The molecule has 0 saturated carbocycles. The number of amides is 1. The lowest BCUT2D eigenvalue weighted by Crippen LogP contribution is -2.33. The zero-order valence-corrected chi connectivity index (χ0v) is 8.90. The van der Waals surface area contributed by atoms with Gasteiger partial charge in [0.15, 0.2) is 0 Å². The first kappa shape index (κ1) is 11.6. The van der Waals surface area contributed by atoms with Crippen molar-refractivity contribution in [3.05, 3.63) is 24.5 Å². The van der Waals surface area contributed by atoms with Crippen LogP contribution in [0.5, 0.6) is 0 Å². The Morgan fingerprint density at radius 2 is 2.13 bits per heavy atom. The molecule has 1 aromatic heterocycles. The molecule has 0 aliphatic carbocycles. The fourth-order valence-corrected chi connectivity index (χ4v) is 1.11. The van der Waals surface area contributed by atoms with Crippen LogP contribution in [0, 0.1) is 0 Å². The fraction of sp³-hybridized carbons (Fsp3) is 0.500. The second-order valence-electron chi connectivity index (χ2n) is 3.12. The summed E-state index contributed by atoms with van der Waals surface area (Å²) in [5.41, 5.74) is 2.94. The highest BCUT2D eigenvalue weighted by atomic mass is 16.5. The molecule has 0 atom stereocenters. The monoisotopic (exact) mass is 211 g/mol. The largest absolute Gasteiger partial charge is 0.385 e. The van der Waals surface area contributed by atoms with E-state index in [1.54, 1.807) is 11.8 Å². The number of nitrogens with one attached hydrogen (secondary N) is 2. The van der Waals surface area contributed by atoms with E-state index < -0.39 is 0 Å². The van der Waals surface area contributed by atoms with Gasteiger partial charge in [0.05, 0.1) is 0 Å². The summed E-state index contributed by atoms with van der Waals surface area (Å²) in [5.74, 6) is -0.0141. The number of hydrogen-bond donors (Lipinski definition) is 2. The molecule has 0 saturated heterocycles. The molecule has 5 heteroatoms. The Kier molecular flexibility index (Phi) is 5.32. The molecular formula is C10H17N3O2. The highest BCUT2D eigenvalue weighted by Gasteiger charge is 1.98. The van der Waals surface area contributed by atoms with Crippen molar-refractivity contribution in [1.29, 1.82) is 0 Å². The summed E-state index contributed by atoms with van der Waals surface area (Å²) < 4.78 is 6.62. The Hall–Kier alpha value is -1.49. The van der Waals surface area contributed by atoms with E-state index in [4.69, 9.17) is 4.74 Å². The third-order valence-corrected chi connectivity index (χ3v) is 1.87. The molecule has 0 aliphatic rings. The van der Waals surface area contributed by atoms with Crippen LogP contribution in [0.15, 0.2) is 24.5 Å². The molecule has 0 bridgehead atoms. The van der Waals surface area contributed by atoms with Crippen molar-refractivity contribution >= 4 is 5.91 Å². The van der Waals surface area contributed by atoms with Gasteiger partial charge in [-0.1, -0.05) is 0 Å². The van der Waals surface area contributed by atoms with Gasteiger partial charge in [0.25, 0.3) is 0 Å². The second-order valence-corrected chi connectivity index (χ2v) is 3.12. The third kappa shape index (κ3) is 5.07.